The first-order chi connectivity index (χ1) is 7.95. The van der Waals surface area contributed by atoms with E-state index in [4.69, 9.17) is 0 Å². The molecule has 0 fully saturated rings. The van der Waals surface area contributed by atoms with Crippen molar-refractivity contribution < 1.29 is 8.42 Å². The predicted octanol–water partition coefficient (Wildman–Crippen LogP) is 1.13. The van der Waals surface area contributed by atoms with Gasteiger partial charge in [0.15, 0.2) is 0 Å². The van der Waals surface area contributed by atoms with Crippen LogP contribution in [-0.4, -0.2) is 28.6 Å². The Hall–Kier alpha value is -0.910. The fourth-order valence-corrected chi connectivity index (χ4v) is 2.81. The third kappa shape index (κ3) is 4.46. The maximum Gasteiger partial charge on any atom is 0.240 e. The fourth-order valence-electron chi connectivity index (χ4n) is 1.54. The molecule has 17 heavy (non-hydrogen) atoms. The number of aryl methyl sites for hydroxylation is 1. The summed E-state index contributed by atoms with van der Waals surface area (Å²) >= 11 is 0. The van der Waals surface area contributed by atoms with Crippen LogP contribution >= 0.6 is 0 Å². The maximum absolute atomic E-state index is 12.0. The Balaban J connectivity index is 2.69. The summed E-state index contributed by atoms with van der Waals surface area (Å²) in [5.74, 6) is 0.264. The molecule has 1 unspecified atom stereocenters. The first-order valence-corrected chi connectivity index (χ1v) is 7.15. The Morgan fingerprint density at radius 1 is 1.29 bits per heavy atom. The van der Waals surface area contributed by atoms with E-state index >= 15 is 0 Å². The molecule has 0 radical (unpaired) electrons. The molecule has 0 saturated carbocycles. The summed E-state index contributed by atoms with van der Waals surface area (Å²) in [6.07, 6.45) is 0. The van der Waals surface area contributed by atoms with Crippen molar-refractivity contribution in [1.29, 1.82) is 0 Å². The quantitative estimate of drug-likeness (QED) is 0.802. The highest BCUT2D eigenvalue weighted by molar-refractivity contribution is 7.89. The number of hydrogen-bond donors (Lipinski definition) is 2. The fraction of sp³-hybridized carbons (Fsp3) is 0.500. The normalized spacial score (nSPS) is 13.6. The van der Waals surface area contributed by atoms with E-state index in [2.05, 4.69) is 10.0 Å². The van der Waals surface area contributed by atoms with Crippen LogP contribution in [0.25, 0.3) is 0 Å². The van der Waals surface area contributed by atoms with Crippen molar-refractivity contribution in [2.24, 2.45) is 5.92 Å². The molecule has 0 heterocycles. The van der Waals surface area contributed by atoms with Gasteiger partial charge in [-0.1, -0.05) is 19.1 Å². The SMILES string of the molecule is CNCC(C)CNS(=O)(=O)c1cccc(C)c1. The second-order valence-electron chi connectivity index (χ2n) is 4.33. The average Bonchev–Trinajstić information content (AvgIpc) is 2.27. The number of sulfonamides is 1. The molecule has 0 amide bonds. The zero-order valence-electron chi connectivity index (χ0n) is 10.5. The first-order valence-electron chi connectivity index (χ1n) is 5.66. The predicted molar refractivity (Wildman–Crippen MR) is 69.5 cm³/mol. The monoisotopic (exact) mass is 256 g/mol. The number of rotatable bonds is 6. The Morgan fingerprint density at radius 2 is 2.00 bits per heavy atom. The van der Waals surface area contributed by atoms with Gasteiger partial charge in [-0.15, -0.1) is 0 Å². The van der Waals surface area contributed by atoms with Crippen LogP contribution in [0.4, 0.5) is 0 Å². The van der Waals surface area contributed by atoms with E-state index in [0.717, 1.165) is 12.1 Å². The topological polar surface area (TPSA) is 58.2 Å². The lowest BCUT2D eigenvalue weighted by Gasteiger charge is -2.12. The molecule has 2 N–H and O–H groups in total. The standard InChI is InChI=1S/C12H20N2O2S/c1-10-5-4-6-12(7-10)17(15,16)14-9-11(2)8-13-3/h4-7,11,13-14H,8-9H2,1-3H3. The highest BCUT2D eigenvalue weighted by atomic mass is 32.2. The zero-order valence-corrected chi connectivity index (χ0v) is 11.3. The van der Waals surface area contributed by atoms with E-state index in [-0.39, 0.29) is 5.92 Å². The van der Waals surface area contributed by atoms with Crippen molar-refractivity contribution in [3.05, 3.63) is 29.8 Å². The van der Waals surface area contributed by atoms with Gasteiger partial charge in [-0.05, 0) is 44.1 Å². The van der Waals surface area contributed by atoms with Crippen LogP contribution in [0.3, 0.4) is 0 Å². The largest absolute Gasteiger partial charge is 0.319 e. The third-order valence-electron chi connectivity index (χ3n) is 2.47. The molecule has 1 atom stereocenters. The van der Waals surface area contributed by atoms with Crippen molar-refractivity contribution in [3.63, 3.8) is 0 Å². The molecule has 0 spiro atoms. The molecule has 0 aliphatic carbocycles. The molecule has 0 aliphatic heterocycles. The Kier molecular flexibility index (Phi) is 5.11. The summed E-state index contributed by atoms with van der Waals surface area (Å²) in [4.78, 5) is 0.328. The molecule has 1 aromatic rings. The second kappa shape index (κ2) is 6.14. The van der Waals surface area contributed by atoms with Gasteiger partial charge in [-0.25, -0.2) is 13.1 Å². The lowest BCUT2D eigenvalue weighted by atomic mass is 10.2. The van der Waals surface area contributed by atoms with E-state index in [1.165, 1.54) is 0 Å². The summed E-state index contributed by atoms with van der Waals surface area (Å²) in [7, 11) is -1.52. The van der Waals surface area contributed by atoms with Crippen LogP contribution in [0.2, 0.25) is 0 Å². The van der Waals surface area contributed by atoms with Crippen molar-refractivity contribution in [1.82, 2.24) is 10.0 Å². The molecule has 0 saturated heterocycles. The summed E-state index contributed by atoms with van der Waals surface area (Å²) in [5, 5.41) is 3.02. The van der Waals surface area contributed by atoms with Crippen LogP contribution in [-0.2, 0) is 10.0 Å². The van der Waals surface area contributed by atoms with Gasteiger partial charge in [0.2, 0.25) is 10.0 Å². The zero-order chi connectivity index (χ0) is 12.9. The molecule has 0 aliphatic rings. The molecular weight excluding hydrogens is 236 g/mol. The smallest absolute Gasteiger partial charge is 0.240 e. The van der Waals surface area contributed by atoms with Gasteiger partial charge in [0.05, 0.1) is 4.90 Å². The van der Waals surface area contributed by atoms with Crippen molar-refractivity contribution in [2.45, 2.75) is 18.7 Å². The molecule has 96 valence electrons. The van der Waals surface area contributed by atoms with Gasteiger partial charge in [0, 0.05) is 6.54 Å². The van der Waals surface area contributed by atoms with Crippen molar-refractivity contribution >= 4 is 10.0 Å². The van der Waals surface area contributed by atoms with Gasteiger partial charge in [-0.2, -0.15) is 0 Å². The lowest BCUT2D eigenvalue weighted by molar-refractivity contribution is 0.519. The molecule has 5 heteroatoms. The van der Waals surface area contributed by atoms with E-state index in [1.54, 1.807) is 18.2 Å². The van der Waals surface area contributed by atoms with E-state index in [0.29, 0.717) is 11.4 Å². The Morgan fingerprint density at radius 3 is 2.59 bits per heavy atom. The summed E-state index contributed by atoms with van der Waals surface area (Å²) < 4.78 is 26.5. The van der Waals surface area contributed by atoms with Gasteiger partial charge < -0.3 is 5.32 Å². The van der Waals surface area contributed by atoms with E-state index < -0.39 is 10.0 Å². The van der Waals surface area contributed by atoms with Gasteiger partial charge in [-0.3, -0.25) is 0 Å². The van der Waals surface area contributed by atoms with Gasteiger partial charge >= 0.3 is 0 Å². The van der Waals surface area contributed by atoms with Crippen LogP contribution in [0, 0.1) is 12.8 Å². The summed E-state index contributed by atoms with van der Waals surface area (Å²) in [6, 6.07) is 6.91. The Bertz CT molecular complexity index is 457. The van der Waals surface area contributed by atoms with Crippen LogP contribution in [0.15, 0.2) is 29.2 Å². The minimum atomic E-state index is -3.37. The average molecular weight is 256 g/mol. The van der Waals surface area contributed by atoms with Crippen LogP contribution < -0.4 is 10.0 Å². The molecule has 4 nitrogen and oxygen atoms in total. The number of benzene rings is 1. The minimum absolute atomic E-state index is 0.264. The second-order valence-corrected chi connectivity index (χ2v) is 6.10. The highest BCUT2D eigenvalue weighted by Gasteiger charge is 2.14. The molecule has 1 aromatic carbocycles. The first kappa shape index (κ1) is 14.2. The molecule has 0 bridgehead atoms. The summed E-state index contributed by atoms with van der Waals surface area (Å²) in [5.41, 5.74) is 0.941. The highest BCUT2D eigenvalue weighted by Crippen LogP contribution is 2.10. The van der Waals surface area contributed by atoms with Crippen molar-refractivity contribution in [3.8, 4) is 0 Å². The molecule has 0 aromatic heterocycles. The van der Waals surface area contributed by atoms with E-state index in [9.17, 15) is 8.42 Å². The number of nitrogens with one attached hydrogen (secondary N) is 2. The molecule has 1 rings (SSSR count). The third-order valence-corrected chi connectivity index (χ3v) is 3.90. The van der Waals surface area contributed by atoms with E-state index in [1.807, 2.05) is 27.0 Å². The number of hydrogen-bond acceptors (Lipinski definition) is 3. The summed E-state index contributed by atoms with van der Waals surface area (Å²) in [6.45, 7) is 5.10. The van der Waals surface area contributed by atoms with Gasteiger partial charge in [0.25, 0.3) is 0 Å². The van der Waals surface area contributed by atoms with Gasteiger partial charge in [0.1, 0.15) is 0 Å². The Labute approximate surface area is 103 Å². The van der Waals surface area contributed by atoms with Crippen LogP contribution in [0.5, 0.6) is 0 Å². The van der Waals surface area contributed by atoms with Crippen LogP contribution in [0.1, 0.15) is 12.5 Å². The lowest BCUT2D eigenvalue weighted by Crippen LogP contribution is -2.32. The minimum Gasteiger partial charge on any atom is -0.319 e. The van der Waals surface area contributed by atoms with Crippen molar-refractivity contribution in [2.75, 3.05) is 20.1 Å². The maximum atomic E-state index is 12.0. The molecular formula is C12H20N2O2S.